The summed E-state index contributed by atoms with van der Waals surface area (Å²) in [6.07, 6.45) is 3.10. The van der Waals surface area contributed by atoms with Crippen LogP contribution in [-0.2, 0) is 19.9 Å². The van der Waals surface area contributed by atoms with Gasteiger partial charge in [-0.15, -0.1) is 0 Å². The molecule has 3 heteroatoms. The topological polar surface area (TPSA) is 43.8 Å². The van der Waals surface area contributed by atoms with Gasteiger partial charge >= 0.3 is 0 Å². The quantitative estimate of drug-likeness (QED) is 0.851. The van der Waals surface area contributed by atoms with Crippen LogP contribution >= 0.6 is 0 Å². The van der Waals surface area contributed by atoms with E-state index in [1.165, 1.54) is 16.9 Å². The van der Waals surface area contributed by atoms with Crippen molar-refractivity contribution in [3.05, 3.63) is 29.6 Å². The molecule has 0 spiro atoms. The van der Waals surface area contributed by atoms with Crippen molar-refractivity contribution < 1.29 is 0 Å². The van der Waals surface area contributed by atoms with Crippen molar-refractivity contribution in [1.29, 1.82) is 0 Å². The predicted octanol–water partition coefficient (Wildman–Crippen LogP) is 2.03. The Kier molecular flexibility index (Phi) is 3.25. The van der Waals surface area contributed by atoms with Crippen LogP contribution in [0.15, 0.2) is 18.2 Å². The average Bonchev–Trinajstić information content (AvgIpc) is 2.57. The molecule has 2 N–H and O–H groups in total. The summed E-state index contributed by atoms with van der Waals surface area (Å²) in [4.78, 5) is 4.67. The first kappa shape index (κ1) is 11.1. The zero-order valence-electron chi connectivity index (χ0n) is 10.0. The Bertz CT molecular complexity index is 485. The lowest BCUT2D eigenvalue weighted by Gasteiger charge is -2.00. The van der Waals surface area contributed by atoms with Gasteiger partial charge in [-0.05, 0) is 37.1 Å². The Hall–Kier alpha value is -1.35. The van der Waals surface area contributed by atoms with Crippen LogP contribution in [-0.4, -0.2) is 16.1 Å². The number of fused-ring (bicyclic) bond motifs is 1. The molecule has 0 saturated carbocycles. The number of imidazole rings is 1. The van der Waals surface area contributed by atoms with Crippen molar-refractivity contribution in [1.82, 2.24) is 9.55 Å². The third-order valence-corrected chi connectivity index (χ3v) is 2.94. The molecule has 2 rings (SSSR count). The molecule has 0 fully saturated rings. The van der Waals surface area contributed by atoms with E-state index >= 15 is 0 Å². The number of hydrogen-bond donors (Lipinski definition) is 1. The summed E-state index contributed by atoms with van der Waals surface area (Å²) in [6, 6.07) is 6.44. The number of nitrogens with two attached hydrogens (primary N) is 1. The SMILES string of the molecule is CCCc1nc2cc(CCN)ccc2n1C. The van der Waals surface area contributed by atoms with Crippen LogP contribution < -0.4 is 5.73 Å². The van der Waals surface area contributed by atoms with Gasteiger partial charge in [-0.3, -0.25) is 0 Å². The molecule has 16 heavy (non-hydrogen) atoms. The monoisotopic (exact) mass is 217 g/mol. The van der Waals surface area contributed by atoms with Crippen LogP contribution in [0.3, 0.4) is 0 Å². The van der Waals surface area contributed by atoms with Gasteiger partial charge in [-0.1, -0.05) is 13.0 Å². The molecule has 0 atom stereocenters. The van der Waals surface area contributed by atoms with Crippen LogP contribution in [0.5, 0.6) is 0 Å². The van der Waals surface area contributed by atoms with Crippen LogP contribution in [0.25, 0.3) is 11.0 Å². The van der Waals surface area contributed by atoms with Gasteiger partial charge in [0.25, 0.3) is 0 Å². The largest absolute Gasteiger partial charge is 0.331 e. The molecular formula is C13H19N3. The van der Waals surface area contributed by atoms with Crippen molar-refractivity contribution in [3.8, 4) is 0 Å². The molecule has 2 aromatic rings. The summed E-state index contributed by atoms with van der Waals surface area (Å²) < 4.78 is 2.19. The Labute approximate surface area is 96.3 Å². The summed E-state index contributed by atoms with van der Waals surface area (Å²) in [5.41, 5.74) is 9.14. The lowest BCUT2D eigenvalue weighted by atomic mass is 10.1. The van der Waals surface area contributed by atoms with Crippen molar-refractivity contribution in [2.24, 2.45) is 12.8 Å². The van der Waals surface area contributed by atoms with E-state index in [0.717, 1.165) is 24.8 Å². The first-order valence-electron chi connectivity index (χ1n) is 5.90. The van der Waals surface area contributed by atoms with Crippen molar-refractivity contribution in [3.63, 3.8) is 0 Å². The third-order valence-electron chi connectivity index (χ3n) is 2.94. The predicted molar refractivity (Wildman–Crippen MR) is 67.5 cm³/mol. The van der Waals surface area contributed by atoms with Gasteiger partial charge in [0.1, 0.15) is 5.82 Å². The van der Waals surface area contributed by atoms with E-state index in [-0.39, 0.29) is 0 Å². The number of nitrogens with zero attached hydrogens (tertiary/aromatic N) is 2. The zero-order valence-corrected chi connectivity index (χ0v) is 10.0. The molecule has 1 aromatic heterocycles. The van der Waals surface area contributed by atoms with Crippen LogP contribution in [0.1, 0.15) is 24.7 Å². The fourth-order valence-corrected chi connectivity index (χ4v) is 2.06. The smallest absolute Gasteiger partial charge is 0.109 e. The molecule has 0 aliphatic carbocycles. The Morgan fingerprint density at radius 3 is 2.81 bits per heavy atom. The molecule has 0 amide bonds. The molecule has 0 saturated heterocycles. The highest BCUT2D eigenvalue weighted by Crippen LogP contribution is 2.17. The van der Waals surface area contributed by atoms with E-state index in [1.807, 2.05) is 0 Å². The second kappa shape index (κ2) is 4.66. The second-order valence-corrected chi connectivity index (χ2v) is 4.20. The lowest BCUT2D eigenvalue weighted by molar-refractivity contribution is 0.773. The van der Waals surface area contributed by atoms with Gasteiger partial charge in [-0.25, -0.2) is 4.98 Å². The first-order chi connectivity index (χ1) is 7.76. The highest BCUT2D eigenvalue weighted by atomic mass is 15.1. The molecule has 86 valence electrons. The Balaban J connectivity index is 2.45. The van der Waals surface area contributed by atoms with Crippen molar-refractivity contribution in [2.45, 2.75) is 26.2 Å². The standard InChI is InChI=1S/C13H19N3/c1-3-4-13-15-11-9-10(7-8-14)5-6-12(11)16(13)2/h5-6,9H,3-4,7-8,14H2,1-2H3. The summed E-state index contributed by atoms with van der Waals surface area (Å²) in [5.74, 6) is 1.17. The molecule has 0 bridgehead atoms. The van der Waals surface area contributed by atoms with Gasteiger partial charge in [0.15, 0.2) is 0 Å². The maximum atomic E-state index is 5.56. The maximum Gasteiger partial charge on any atom is 0.109 e. The molecule has 1 aromatic carbocycles. The van der Waals surface area contributed by atoms with E-state index < -0.39 is 0 Å². The highest BCUT2D eigenvalue weighted by molar-refractivity contribution is 5.76. The molecule has 0 aliphatic rings. The summed E-state index contributed by atoms with van der Waals surface area (Å²) in [5, 5.41) is 0. The number of rotatable bonds is 4. The minimum atomic E-state index is 0.695. The van der Waals surface area contributed by atoms with E-state index in [0.29, 0.717) is 6.54 Å². The summed E-state index contributed by atoms with van der Waals surface area (Å²) in [7, 11) is 2.09. The number of aryl methyl sites for hydroxylation is 2. The maximum absolute atomic E-state index is 5.56. The minimum Gasteiger partial charge on any atom is -0.331 e. The third kappa shape index (κ3) is 1.95. The lowest BCUT2D eigenvalue weighted by Crippen LogP contribution is -2.02. The minimum absolute atomic E-state index is 0.695. The molecule has 0 aliphatic heterocycles. The van der Waals surface area contributed by atoms with Gasteiger partial charge in [0, 0.05) is 13.5 Å². The van der Waals surface area contributed by atoms with Crippen molar-refractivity contribution in [2.75, 3.05) is 6.54 Å². The van der Waals surface area contributed by atoms with Gasteiger partial charge < -0.3 is 10.3 Å². The first-order valence-corrected chi connectivity index (χ1v) is 5.90. The molecule has 1 heterocycles. The van der Waals surface area contributed by atoms with Gasteiger partial charge in [0.2, 0.25) is 0 Å². The highest BCUT2D eigenvalue weighted by Gasteiger charge is 2.06. The Morgan fingerprint density at radius 1 is 1.31 bits per heavy atom. The zero-order chi connectivity index (χ0) is 11.5. The van der Waals surface area contributed by atoms with Crippen LogP contribution in [0.4, 0.5) is 0 Å². The second-order valence-electron chi connectivity index (χ2n) is 4.20. The summed E-state index contributed by atoms with van der Waals surface area (Å²) >= 11 is 0. The number of aromatic nitrogens is 2. The van der Waals surface area contributed by atoms with Crippen LogP contribution in [0.2, 0.25) is 0 Å². The molecule has 0 radical (unpaired) electrons. The van der Waals surface area contributed by atoms with Gasteiger partial charge in [-0.2, -0.15) is 0 Å². The van der Waals surface area contributed by atoms with Crippen LogP contribution in [0, 0.1) is 0 Å². The average molecular weight is 217 g/mol. The number of benzene rings is 1. The van der Waals surface area contributed by atoms with Crippen molar-refractivity contribution >= 4 is 11.0 Å². The van der Waals surface area contributed by atoms with E-state index in [4.69, 9.17) is 5.73 Å². The fourth-order valence-electron chi connectivity index (χ4n) is 2.06. The molecular weight excluding hydrogens is 198 g/mol. The number of hydrogen-bond acceptors (Lipinski definition) is 2. The Morgan fingerprint density at radius 2 is 2.12 bits per heavy atom. The molecule has 3 nitrogen and oxygen atoms in total. The van der Waals surface area contributed by atoms with E-state index in [2.05, 4.69) is 41.7 Å². The van der Waals surface area contributed by atoms with Gasteiger partial charge in [0.05, 0.1) is 11.0 Å². The van der Waals surface area contributed by atoms with E-state index in [9.17, 15) is 0 Å². The normalized spacial score (nSPS) is 11.2. The summed E-state index contributed by atoms with van der Waals surface area (Å²) in [6.45, 7) is 2.87. The molecule has 0 unspecified atom stereocenters. The van der Waals surface area contributed by atoms with E-state index in [1.54, 1.807) is 0 Å². The fraction of sp³-hybridized carbons (Fsp3) is 0.462.